The summed E-state index contributed by atoms with van der Waals surface area (Å²) < 4.78 is 5.41. The van der Waals surface area contributed by atoms with Crippen LogP contribution < -0.4 is 0 Å². The average molecular weight is 273 g/mol. The first-order chi connectivity index (χ1) is 9.15. The SMILES string of the molecule is CC(=O)c1ccc(-c2ccc3c(c2)COC3)cc1Cl. The smallest absolute Gasteiger partial charge is 0.161 e. The van der Waals surface area contributed by atoms with Gasteiger partial charge in [-0.25, -0.2) is 0 Å². The summed E-state index contributed by atoms with van der Waals surface area (Å²) in [5.41, 5.74) is 5.15. The van der Waals surface area contributed by atoms with Gasteiger partial charge >= 0.3 is 0 Å². The zero-order chi connectivity index (χ0) is 13.4. The highest BCUT2D eigenvalue weighted by atomic mass is 35.5. The Morgan fingerprint density at radius 3 is 2.47 bits per heavy atom. The number of ketones is 1. The van der Waals surface area contributed by atoms with Crippen LogP contribution in [-0.4, -0.2) is 5.78 Å². The highest BCUT2D eigenvalue weighted by Crippen LogP contribution is 2.29. The van der Waals surface area contributed by atoms with Crippen molar-refractivity contribution >= 4 is 17.4 Å². The van der Waals surface area contributed by atoms with Crippen LogP contribution in [0.2, 0.25) is 5.02 Å². The van der Waals surface area contributed by atoms with Crippen molar-refractivity contribution in [1.29, 1.82) is 0 Å². The molecule has 0 spiro atoms. The maximum absolute atomic E-state index is 11.4. The lowest BCUT2D eigenvalue weighted by molar-refractivity contribution is 0.101. The van der Waals surface area contributed by atoms with Crippen LogP contribution >= 0.6 is 11.6 Å². The van der Waals surface area contributed by atoms with Crippen molar-refractivity contribution in [2.45, 2.75) is 20.1 Å². The van der Waals surface area contributed by atoms with Crippen LogP contribution in [0, 0.1) is 0 Å². The van der Waals surface area contributed by atoms with Crippen LogP contribution in [0.15, 0.2) is 36.4 Å². The Bertz CT molecular complexity index is 662. The lowest BCUT2D eigenvalue weighted by Crippen LogP contribution is -1.93. The van der Waals surface area contributed by atoms with E-state index in [1.807, 2.05) is 12.1 Å². The zero-order valence-electron chi connectivity index (χ0n) is 10.6. The molecule has 0 fully saturated rings. The molecule has 0 atom stereocenters. The lowest BCUT2D eigenvalue weighted by Gasteiger charge is -2.07. The van der Waals surface area contributed by atoms with Gasteiger partial charge in [-0.3, -0.25) is 4.79 Å². The molecule has 19 heavy (non-hydrogen) atoms. The van der Waals surface area contributed by atoms with Gasteiger partial charge in [0.05, 0.1) is 18.2 Å². The van der Waals surface area contributed by atoms with E-state index in [1.165, 1.54) is 18.1 Å². The summed E-state index contributed by atoms with van der Waals surface area (Å²) in [4.78, 5) is 11.4. The summed E-state index contributed by atoms with van der Waals surface area (Å²) in [5.74, 6) is -0.0149. The number of carbonyl (C=O) groups is 1. The molecule has 3 heteroatoms. The van der Waals surface area contributed by atoms with Crippen LogP contribution in [0.5, 0.6) is 0 Å². The van der Waals surface area contributed by atoms with Gasteiger partial charge in [-0.15, -0.1) is 0 Å². The highest BCUT2D eigenvalue weighted by Gasteiger charge is 2.13. The normalized spacial score (nSPS) is 13.4. The van der Waals surface area contributed by atoms with Crippen LogP contribution in [0.25, 0.3) is 11.1 Å². The van der Waals surface area contributed by atoms with Crippen molar-refractivity contribution in [3.63, 3.8) is 0 Å². The van der Waals surface area contributed by atoms with E-state index in [1.54, 1.807) is 6.07 Å². The van der Waals surface area contributed by atoms with Gasteiger partial charge in [-0.1, -0.05) is 29.8 Å². The summed E-state index contributed by atoms with van der Waals surface area (Å²) in [6, 6.07) is 11.8. The van der Waals surface area contributed by atoms with Crippen molar-refractivity contribution in [1.82, 2.24) is 0 Å². The molecule has 0 radical (unpaired) electrons. The minimum Gasteiger partial charge on any atom is -0.372 e. The van der Waals surface area contributed by atoms with E-state index < -0.39 is 0 Å². The summed E-state index contributed by atoms with van der Waals surface area (Å²) in [7, 11) is 0. The Balaban J connectivity index is 2.03. The summed E-state index contributed by atoms with van der Waals surface area (Å²) >= 11 is 6.15. The van der Waals surface area contributed by atoms with Crippen LogP contribution in [0.4, 0.5) is 0 Å². The van der Waals surface area contributed by atoms with Gasteiger partial charge in [0.15, 0.2) is 5.78 Å². The van der Waals surface area contributed by atoms with Crippen molar-refractivity contribution < 1.29 is 9.53 Å². The fourth-order valence-electron chi connectivity index (χ4n) is 2.33. The number of hydrogen-bond donors (Lipinski definition) is 0. The molecule has 1 aliphatic heterocycles. The molecule has 1 heterocycles. The second-order valence-electron chi connectivity index (χ2n) is 4.73. The van der Waals surface area contributed by atoms with Crippen molar-refractivity contribution in [2.24, 2.45) is 0 Å². The number of benzene rings is 2. The quantitative estimate of drug-likeness (QED) is 0.765. The van der Waals surface area contributed by atoms with Crippen molar-refractivity contribution in [3.8, 4) is 11.1 Å². The maximum atomic E-state index is 11.4. The third kappa shape index (κ3) is 2.29. The molecular weight excluding hydrogens is 260 g/mol. The fraction of sp³-hybridized carbons (Fsp3) is 0.188. The van der Waals surface area contributed by atoms with E-state index in [0.29, 0.717) is 23.8 Å². The van der Waals surface area contributed by atoms with Gasteiger partial charge in [-0.05, 0) is 47.4 Å². The Morgan fingerprint density at radius 2 is 1.74 bits per heavy atom. The summed E-state index contributed by atoms with van der Waals surface area (Å²) in [5, 5.41) is 0.502. The number of Topliss-reactive ketones (excluding diaryl/α,β-unsaturated/α-hetero) is 1. The molecule has 96 valence electrons. The predicted molar refractivity (Wildman–Crippen MR) is 75.4 cm³/mol. The molecule has 2 aromatic carbocycles. The van der Waals surface area contributed by atoms with E-state index in [2.05, 4.69) is 18.2 Å². The van der Waals surface area contributed by atoms with Gasteiger partial charge < -0.3 is 4.74 Å². The molecule has 0 N–H and O–H groups in total. The Labute approximate surface area is 117 Å². The monoisotopic (exact) mass is 272 g/mol. The largest absolute Gasteiger partial charge is 0.372 e. The van der Waals surface area contributed by atoms with Gasteiger partial charge in [0.1, 0.15) is 0 Å². The number of rotatable bonds is 2. The Kier molecular flexibility index (Phi) is 3.13. The highest BCUT2D eigenvalue weighted by molar-refractivity contribution is 6.34. The molecule has 0 saturated carbocycles. The molecule has 2 aromatic rings. The van der Waals surface area contributed by atoms with Crippen LogP contribution in [0.3, 0.4) is 0 Å². The number of carbonyl (C=O) groups excluding carboxylic acids is 1. The topological polar surface area (TPSA) is 26.3 Å². The van der Waals surface area contributed by atoms with E-state index in [-0.39, 0.29) is 5.78 Å². The second-order valence-corrected chi connectivity index (χ2v) is 5.13. The van der Waals surface area contributed by atoms with Gasteiger partial charge in [0.25, 0.3) is 0 Å². The third-order valence-corrected chi connectivity index (χ3v) is 3.72. The first-order valence-electron chi connectivity index (χ1n) is 6.15. The van der Waals surface area contributed by atoms with E-state index in [0.717, 1.165) is 11.1 Å². The number of halogens is 1. The van der Waals surface area contributed by atoms with Crippen molar-refractivity contribution in [2.75, 3.05) is 0 Å². The molecule has 0 saturated heterocycles. The predicted octanol–water partition coefficient (Wildman–Crippen LogP) is 4.24. The number of fused-ring (bicyclic) bond motifs is 1. The van der Waals surface area contributed by atoms with E-state index in [9.17, 15) is 4.79 Å². The molecule has 0 amide bonds. The molecule has 1 aliphatic rings. The number of hydrogen-bond acceptors (Lipinski definition) is 2. The van der Waals surface area contributed by atoms with Gasteiger partial charge in [0, 0.05) is 5.56 Å². The Hall–Kier alpha value is -1.64. The minimum atomic E-state index is -0.0149. The number of ether oxygens (including phenoxy) is 1. The molecule has 0 unspecified atom stereocenters. The summed E-state index contributed by atoms with van der Waals surface area (Å²) in [6.07, 6.45) is 0. The first kappa shape index (κ1) is 12.4. The zero-order valence-corrected chi connectivity index (χ0v) is 11.3. The van der Waals surface area contributed by atoms with E-state index in [4.69, 9.17) is 16.3 Å². The molecule has 2 nitrogen and oxygen atoms in total. The standard InChI is InChI=1S/C16H13ClO2/c1-10(18)15-5-4-12(7-16(15)17)11-2-3-13-8-19-9-14(13)6-11/h2-7H,8-9H2,1H3. The fourth-order valence-corrected chi connectivity index (χ4v) is 2.65. The van der Waals surface area contributed by atoms with Gasteiger partial charge in [0.2, 0.25) is 0 Å². The molecule has 0 aliphatic carbocycles. The second kappa shape index (κ2) is 4.80. The first-order valence-corrected chi connectivity index (χ1v) is 6.53. The maximum Gasteiger partial charge on any atom is 0.161 e. The van der Waals surface area contributed by atoms with E-state index >= 15 is 0 Å². The third-order valence-electron chi connectivity index (χ3n) is 3.40. The molecule has 0 aromatic heterocycles. The molecule has 3 rings (SSSR count). The van der Waals surface area contributed by atoms with Crippen LogP contribution in [-0.2, 0) is 18.0 Å². The van der Waals surface area contributed by atoms with Crippen molar-refractivity contribution in [3.05, 3.63) is 58.1 Å². The average Bonchev–Trinajstić information content (AvgIpc) is 2.85. The lowest BCUT2D eigenvalue weighted by atomic mass is 9.99. The van der Waals surface area contributed by atoms with Gasteiger partial charge in [-0.2, -0.15) is 0 Å². The Morgan fingerprint density at radius 1 is 1.05 bits per heavy atom. The summed E-state index contributed by atoms with van der Waals surface area (Å²) in [6.45, 7) is 2.88. The molecular formula is C16H13ClO2. The van der Waals surface area contributed by atoms with Crippen LogP contribution in [0.1, 0.15) is 28.4 Å². The minimum absolute atomic E-state index is 0.0149. The molecule has 0 bridgehead atoms.